The van der Waals surface area contributed by atoms with Gasteiger partial charge in [-0.05, 0) is 43.5 Å². The van der Waals surface area contributed by atoms with Crippen molar-refractivity contribution in [3.8, 4) is 0 Å². The van der Waals surface area contributed by atoms with E-state index >= 15 is 0 Å². The second-order valence-corrected chi connectivity index (χ2v) is 4.97. The number of carbonyl (C=O) groups is 1. The highest BCUT2D eigenvalue weighted by Gasteiger charge is 2.43. The van der Waals surface area contributed by atoms with Gasteiger partial charge in [0.2, 0.25) is 0 Å². The average Bonchev–Trinajstić information content (AvgIpc) is 2.41. The van der Waals surface area contributed by atoms with Crippen molar-refractivity contribution in [3.63, 3.8) is 0 Å². The zero-order valence-corrected chi connectivity index (χ0v) is 10.9. The van der Waals surface area contributed by atoms with Gasteiger partial charge in [-0.25, -0.2) is 9.18 Å². The molecule has 0 bridgehead atoms. The molecule has 0 aliphatic heterocycles. The number of carboxylic acids is 1. The standard InChI is InChI=1S/C14H18FNO3/c1-19-12-3-2-8-14(9-12,13(17)18)16-11-6-4-10(15)5-7-11/h4-7,12,16H,2-3,8-9H2,1H3,(H,17,18). The third kappa shape index (κ3) is 3.04. The van der Waals surface area contributed by atoms with Crippen LogP contribution in [-0.2, 0) is 9.53 Å². The van der Waals surface area contributed by atoms with Gasteiger partial charge in [-0.1, -0.05) is 0 Å². The fourth-order valence-corrected chi connectivity index (χ4v) is 2.60. The number of hydrogen-bond donors (Lipinski definition) is 2. The highest BCUT2D eigenvalue weighted by Crippen LogP contribution is 2.33. The zero-order valence-electron chi connectivity index (χ0n) is 10.9. The van der Waals surface area contributed by atoms with Crippen molar-refractivity contribution in [1.82, 2.24) is 0 Å². The predicted octanol–water partition coefficient (Wildman–Crippen LogP) is 2.65. The molecule has 1 aliphatic carbocycles. The van der Waals surface area contributed by atoms with E-state index in [0.29, 0.717) is 18.5 Å². The first-order valence-electron chi connectivity index (χ1n) is 6.36. The number of methoxy groups -OCH3 is 1. The van der Waals surface area contributed by atoms with Gasteiger partial charge >= 0.3 is 5.97 Å². The lowest BCUT2D eigenvalue weighted by molar-refractivity contribution is -0.145. The number of anilines is 1. The molecule has 0 amide bonds. The number of carboxylic acid groups (broad SMARTS) is 1. The minimum absolute atomic E-state index is 0.0576. The van der Waals surface area contributed by atoms with Gasteiger partial charge in [0.25, 0.3) is 0 Å². The summed E-state index contributed by atoms with van der Waals surface area (Å²) in [6, 6.07) is 5.73. The Balaban J connectivity index is 2.19. The summed E-state index contributed by atoms with van der Waals surface area (Å²) in [5, 5.41) is 12.6. The normalized spacial score (nSPS) is 26.9. The monoisotopic (exact) mass is 267 g/mol. The van der Waals surface area contributed by atoms with Crippen LogP contribution in [0.15, 0.2) is 24.3 Å². The van der Waals surface area contributed by atoms with Crippen molar-refractivity contribution in [2.75, 3.05) is 12.4 Å². The van der Waals surface area contributed by atoms with E-state index in [1.165, 1.54) is 12.1 Å². The SMILES string of the molecule is COC1CCCC(Nc2ccc(F)cc2)(C(=O)O)C1. The smallest absolute Gasteiger partial charge is 0.329 e. The number of ether oxygens (including phenoxy) is 1. The van der Waals surface area contributed by atoms with Crippen molar-refractivity contribution in [2.24, 2.45) is 0 Å². The molecule has 104 valence electrons. The number of halogens is 1. The molecule has 0 saturated heterocycles. The number of aliphatic carboxylic acids is 1. The summed E-state index contributed by atoms with van der Waals surface area (Å²) >= 11 is 0. The summed E-state index contributed by atoms with van der Waals surface area (Å²) in [5.74, 6) is -1.23. The van der Waals surface area contributed by atoms with E-state index in [1.54, 1.807) is 19.2 Å². The fourth-order valence-electron chi connectivity index (χ4n) is 2.60. The van der Waals surface area contributed by atoms with Crippen molar-refractivity contribution >= 4 is 11.7 Å². The largest absolute Gasteiger partial charge is 0.480 e. The Morgan fingerprint density at radius 2 is 2.16 bits per heavy atom. The Morgan fingerprint density at radius 3 is 2.74 bits per heavy atom. The van der Waals surface area contributed by atoms with Gasteiger partial charge in [0, 0.05) is 19.2 Å². The van der Waals surface area contributed by atoms with Crippen LogP contribution in [0.1, 0.15) is 25.7 Å². The van der Waals surface area contributed by atoms with E-state index in [9.17, 15) is 14.3 Å². The molecule has 0 spiro atoms. The third-order valence-electron chi connectivity index (χ3n) is 3.68. The van der Waals surface area contributed by atoms with E-state index < -0.39 is 11.5 Å². The summed E-state index contributed by atoms with van der Waals surface area (Å²) in [6.45, 7) is 0. The van der Waals surface area contributed by atoms with Crippen LogP contribution in [0.25, 0.3) is 0 Å². The lowest BCUT2D eigenvalue weighted by atomic mass is 9.80. The minimum atomic E-state index is -1.03. The van der Waals surface area contributed by atoms with Crippen molar-refractivity contribution in [1.29, 1.82) is 0 Å². The molecule has 2 rings (SSSR count). The molecule has 0 heterocycles. The van der Waals surface area contributed by atoms with Gasteiger partial charge in [0.1, 0.15) is 11.4 Å². The maximum absolute atomic E-state index is 12.9. The minimum Gasteiger partial charge on any atom is -0.480 e. The first kappa shape index (κ1) is 13.8. The maximum Gasteiger partial charge on any atom is 0.329 e. The maximum atomic E-state index is 12.9. The van der Waals surface area contributed by atoms with Crippen molar-refractivity contribution in [3.05, 3.63) is 30.1 Å². The van der Waals surface area contributed by atoms with Crippen LogP contribution in [0.3, 0.4) is 0 Å². The van der Waals surface area contributed by atoms with E-state index in [4.69, 9.17) is 4.74 Å². The van der Waals surface area contributed by atoms with Crippen LogP contribution in [-0.4, -0.2) is 29.8 Å². The quantitative estimate of drug-likeness (QED) is 0.880. The lowest BCUT2D eigenvalue weighted by Gasteiger charge is -2.38. The van der Waals surface area contributed by atoms with E-state index in [2.05, 4.69) is 5.32 Å². The first-order chi connectivity index (χ1) is 9.05. The Bertz CT molecular complexity index is 449. The average molecular weight is 267 g/mol. The van der Waals surface area contributed by atoms with E-state index in [1.807, 2.05) is 0 Å². The summed E-state index contributed by atoms with van der Waals surface area (Å²) in [7, 11) is 1.60. The van der Waals surface area contributed by atoms with Crippen LogP contribution in [0.5, 0.6) is 0 Å². The predicted molar refractivity (Wildman–Crippen MR) is 69.7 cm³/mol. The Kier molecular flexibility index (Phi) is 4.04. The summed E-state index contributed by atoms with van der Waals surface area (Å²) < 4.78 is 18.2. The lowest BCUT2D eigenvalue weighted by Crippen LogP contribution is -2.51. The first-order valence-corrected chi connectivity index (χ1v) is 6.36. The van der Waals surface area contributed by atoms with Gasteiger partial charge in [-0.3, -0.25) is 0 Å². The highest BCUT2D eigenvalue weighted by atomic mass is 19.1. The Hall–Kier alpha value is -1.62. The molecule has 1 aromatic carbocycles. The second-order valence-electron chi connectivity index (χ2n) is 4.97. The molecule has 19 heavy (non-hydrogen) atoms. The molecule has 1 aromatic rings. The molecule has 2 atom stereocenters. The highest BCUT2D eigenvalue weighted by molar-refractivity contribution is 5.83. The second kappa shape index (κ2) is 5.57. The third-order valence-corrected chi connectivity index (χ3v) is 3.68. The van der Waals surface area contributed by atoms with Gasteiger partial charge in [0.15, 0.2) is 0 Å². The summed E-state index contributed by atoms with van der Waals surface area (Å²) in [6.07, 6.45) is 2.56. The number of rotatable bonds is 4. The van der Waals surface area contributed by atoms with Crippen molar-refractivity contribution < 1.29 is 19.0 Å². The van der Waals surface area contributed by atoms with Crippen LogP contribution in [0.4, 0.5) is 10.1 Å². The Morgan fingerprint density at radius 1 is 1.47 bits per heavy atom. The topological polar surface area (TPSA) is 58.6 Å². The number of benzene rings is 1. The molecule has 1 fully saturated rings. The fraction of sp³-hybridized carbons (Fsp3) is 0.500. The molecular weight excluding hydrogens is 249 g/mol. The number of hydrogen-bond acceptors (Lipinski definition) is 3. The molecule has 5 heteroatoms. The molecule has 1 aliphatic rings. The van der Waals surface area contributed by atoms with Crippen LogP contribution in [0.2, 0.25) is 0 Å². The van der Waals surface area contributed by atoms with Crippen molar-refractivity contribution in [2.45, 2.75) is 37.3 Å². The van der Waals surface area contributed by atoms with Crippen LogP contribution in [0, 0.1) is 5.82 Å². The van der Waals surface area contributed by atoms with Gasteiger partial charge in [-0.2, -0.15) is 0 Å². The summed E-state index contributed by atoms with van der Waals surface area (Å²) in [5.41, 5.74) is -0.419. The van der Waals surface area contributed by atoms with Gasteiger partial charge in [0.05, 0.1) is 6.10 Å². The number of nitrogens with one attached hydrogen (secondary N) is 1. The van der Waals surface area contributed by atoms with E-state index in [0.717, 1.165) is 12.8 Å². The van der Waals surface area contributed by atoms with Crippen LogP contribution < -0.4 is 5.32 Å². The Labute approximate surface area is 111 Å². The van der Waals surface area contributed by atoms with Crippen LogP contribution >= 0.6 is 0 Å². The van der Waals surface area contributed by atoms with Gasteiger partial charge < -0.3 is 15.2 Å². The summed E-state index contributed by atoms with van der Waals surface area (Å²) in [4.78, 5) is 11.6. The molecule has 4 nitrogen and oxygen atoms in total. The van der Waals surface area contributed by atoms with E-state index in [-0.39, 0.29) is 11.9 Å². The molecule has 0 radical (unpaired) electrons. The molecule has 2 N–H and O–H groups in total. The molecular formula is C14H18FNO3. The molecule has 0 aromatic heterocycles. The zero-order chi connectivity index (χ0) is 13.9. The molecule has 2 unspecified atom stereocenters. The van der Waals surface area contributed by atoms with Gasteiger partial charge in [-0.15, -0.1) is 0 Å². The molecule has 1 saturated carbocycles.